The van der Waals surface area contributed by atoms with Crippen molar-refractivity contribution in [2.75, 3.05) is 0 Å². The van der Waals surface area contributed by atoms with Crippen molar-refractivity contribution >= 4 is 0 Å². The average molecular weight is 232 g/mol. The minimum atomic E-state index is 0.397. The van der Waals surface area contributed by atoms with Crippen molar-refractivity contribution in [1.29, 1.82) is 0 Å². The number of ether oxygens (including phenoxy) is 1. The molecule has 3 heteroatoms. The Morgan fingerprint density at radius 2 is 2.06 bits per heavy atom. The number of nitrogens with zero attached hydrogens (tertiary/aromatic N) is 1. The number of nitrogens with one attached hydrogen (secondary N) is 1. The number of pyridine rings is 1. The average Bonchev–Trinajstić information content (AvgIpc) is 3.05. The summed E-state index contributed by atoms with van der Waals surface area (Å²) in [6.45, 7) is 0.939. The minimum absolute atomic E-state index is 0.397. The Labute approximate surface area is 103 Å². The van der Waals surface area contributed by atoms with Gasteiger partial charge in [0.05, 0.1) is 0 Å². The highest BCUT2D eigenvalue weighted by atomic mass is 16.5. The van der Waals surface area contributed by atoms with E-state index in [1.165, 1.54) is 44.1 Å². The number of rotatable bonds is 5. The minimum Gasteiger partial charge on any atom is -0.474 e. The van der Waals surface area contributed by atoms with Crippen LogP contribution in [0.5, 0.6) is 5.88 Å². The second kappa shape index (κ2) is 5.05. The van der Waals surface area contributed by atoms with Gasteiger partial charge in [-0.3, -0.25) is 0 Å². The molecule has 2 aliphatic carbocycles. The summed E-state index contributed by atoms with van der Waals surface area (Å²) in [5.41, 5.74) is 1.28. The molecule has 0 atom stereocenters. The number of hydrogen-bond acceptors (Lipinski definition) is 3. The summed E-state index contributed by atoms with van der Waals surface area (Å²) in [5, 5.41) is 3.51. The van der Waals surface area contributed by atoms with Gasteiger partial charge in [-0.25, -0.2) is 4.98 Å². The molecule has 17 heavy (non-hydrogen) atoms. The fourth-order valence-electron chi connectivity index (χ4n) is 2.35. The van der Waals surface area contributed by atoms with Crippen LogP contribution in [0.3, 0.4) is 0 Å². The van der Waals surface area contributed by atoms with Gasteiger partial charge >= 0.3 is 0 Å². The van der Waals surface area contributed by atoms with Gasteiger partial charge in [0.15, 0.2) is 0 Å². The molecule has 3 nitrogen and oxygen atoms in total. The van der Waals surface area contributed by atoms with E-state index < -0.39 is 0 Å². The lowest BCUT2D eigenvalue weighted by molar-refractivity contribution is 0.201. The van der Waals surface area contributed by atoms with Crippen LogP contribution in [0.15, 0.2) is 18.3 Å². The Morgan fingerprint density at radius 1 is 1.24 bits per heavy atom. The molecule has 0 spiro atoms. The second-order valence-electron chi connectivity index (χ2n) is 5.18. The third kappa shape index (κ3) is 3.19. The summed E-state index contributed by atoms with van der Waals surface area (Å²) in [7, 11) is 0. The zero-order chi connectivity index (χ0) is 11.5. The molecule has 2 saturated carbocycles. The van der Waals surface area contributed by atoms with Crippen LogP contribution >= 0.6 is 0 Å². The van der Waals surface area contributed by atoms with Crippen LogP contribution in [0.25, 0.3) is 0 Å². The van der Waals surface area contributed by atoms with Crippen molar-refractivity contribution in [3.8, 4) is 5.88 Å². The highest BCUT2D eigenvalue weighted by molar-refractivity contribution is 5.20. The van der Waals surface area contributed by atoms with Crippen LogP contribution < -0.4 is 10.1 Å². The predicted molar refractivity (Wildman–Crippen MR) is 67.0 cm³/mol. The van der Waals surface area contributed by atoms with Crippen molar-refractivity contribution < 1.29 is 4.74 Å². The van der Waals surface area contributed by atoms with Gasteiger partial charge in [-0.05, 0) is 50.2 Å². The van der Waals surface area contributed by atoms with Gasteiger partial charge in [-0.2, -0.15) is 0 Å². The quantitative estimate of drug-likeness (QED) is 0.847. The van der Waals surface area contributed by atoms with Crippen LogP contribution in [0.2, 0.25) is 0 Å². The molecule has 2 fully saturated rings. The second-order valence-corrected chi connectivity index (χ2v) is 5.18. The lowest BCUT2D eigenvalue weighted by atomic mass is 10.2. The molecule has 0 bridgehead atoms. The number of hydrogen-bond donors (Lipinski definition) is 1. The van der Waals surface area contributed by atoms with E-state index in [0.717, 1.165) is 18.5 Å². The molecule has 0 radical (unpaired) electrons. The zero-order valence-electron chi connectivity index (χ0n) is 10.2. The molecule has 2 aliphatic rings. The first kappa shape index (κ1) is 11.0. The predicted octanol–water partition coefficient (Wildman–Crippen LogP) is 2.66. The van der Waals surface area contributed by atoms with Crippen LogP contribution in [-0.2, 0) is 6.54 Å². The molecule has 0 saturated heterocycles. The Kier molecular flexibility index (Phi) is 3.27. The van der Waals surface area contributed by atoms with Crippen molar-refractivity contribution in [1.82, 2.24) is 10.3 Å². The highest BCUT2D eigenvalue weighted by Crippen LogP contribution is 2.23. The largest absolute Gasteiger partial charge is 0.474 e. The highest BCUT2D eigenvalue weighted by Gasteiger charge is 2.20. The molecule has 0 aliphatic heterocycles. The fraction of sp³-hybridized carbons (Fsp3) is 0.643. The molecule has 1 aromatic rings. The van der Waals surface area contributed by atoms with Crippen molar-refractivity contribution in [2.24, 2.45) is 0 Å². The first-order chi connectivity index (χ1) is 8.40. The van der Waals surface area contributed by atoms with Gasteiger partial charge in [0.25, 0.3) is 0 Å². The van der Waals surface area contributed by atoms with E-state index in [1.54, 1.807) is 0 Å². The maximum atomic E-state index is 5.90. The summed E-state index contributed by atoms with van der Waals surface area (Å²) >= 11 is 0. The Morgan fingerprint density at radius 3 is 2.82 bits per heavy atom. The molecular formula is C14H20N2O. The van der Waals surface area contributed by atoms with Gasteiger partial charge in [-0.15, -0.1) is 0 Å². The van der Waals surface area contributed by atoms with Gasteiger partial charge < -0.3 is 10.1 Å². The lowest BCUT2D eigenvalue weighted by Gasteiger charge is -2.12. The van der Waals surface area contributed by atoms with E-state index in [4.69, 9.17) is 4.74 Å². The molecular weight excluding hydrogens is 212 g/mol. The normalized spacial score (nSPS) is 20.7. The number of aromatic nitrogens is 1. The van der Waals surface area contributed by atoms with E-state index in [2.05, 4.69) is 22.4 Å². The monoisotopic (exact) mass is 232 g/mol. The molecule has 1 aromatic heterocycles. The Bertz CT molecular complexity index is 370. The lowest BCUT2D eigenvalue weighted by Crippen LogP contribution is -2.16. The molecule has 1 heterocycles. The maximum absolute atomic E-state index is 5.90. The Balaban J connectivity index is 1.56. The van der Waals surface area contributed by atoms with E-state index in [9.17, 15) is 0 Å². The molecule has 92 valence electrons. The van der Waals surface area contributed by atoms with Crippen LogP contribution in [-0.4, -0.2) is 17.1 Å². The summed E-state index contributed by atoms with van der Waals surface area (Å²) in [6, 6.07) is 4.90. The fourth-order valence-corrected chi connectivity index (χ4v) is 2.35. The molecule has 3 rings (SSSR count). The van der Waals surface area contributed by atoms with Gasteiger partial charge in [0.2, 0.25) is 5.88 Å². The van der Waals surface area contributed by atoms with Gasteiger partial charge in [0.1, 0.15) is 6.10 Å². The summed E-state index contributed by atoms with van der Waals surface area (Å²) in [5.74, 6) is 0.798. The Hall–Kier alpha value is -1.09. The summed E-state index contributed by atoms with van der Waals surface area (Å²) in [6.07, 6.45) is 9.88. The molecule has 0 aromatic carbocycles. The zero-order valence-corrected chi connectivity index (χ0v) is 10.2. The van der Waals surface area contributed by atoms with E-state index in [1.807, 2.05) is 6.20 Å². The van der Waals surface area contributed by atoms with Crippen molar-refractivity contribution in [3.63, 3.8) is 0 Å². The molecule has 0 unspecified atom stereocenters. The summed E-state index contributed by atoms with van der Waals surface area (Å²) in [4.78, 5) is 4.30. The SMILES string of the molecule is c1cc(CNC2CC2)cc(OC2CCCC2)n1. The first-order valence-electron chi connectivity index (χ1n) is 6.75. The smallest absolute Gasteiger partial charge is 0.213 e. The van der Waals surface area contributed by atoms with Crippen LogP contribution in [0.4, 0.5) is 0 Å². The van der Waals surface area contributed by atoms with Crippen LogP contribution in [0, 0.1) is 0 Å². The third-order valence-corrected chi connectivity index (χ3v) is 3.56. The van der Waals surface area contributed by atoms with Gasteiger partial charge in [0, 0.05) is 24.8 Å². The molecule has 0 amide bonds. The summed E-state index contributed by atoms with van der Waals surface area (Å²) < 4.78 is 5.90. The van der Waals surface area contributed by atoms with Crippen molar-refractivity contribution in [2.45, 2.75) is 57.2 Å². The van der Waals surface area contributed by atoms with E-state index in [0.29, 0.717) is 6.10 Å². The maximum Gasteiger partial charge on any atom is 0.213 e. The third-order valence-electron chi connectivity index (χ3n) is 3.56. The molecule has 1 N–H and O–H groups in total. The first-order valence-corrected chi connectivity index (χ1v) is 6.75. The van der Waals surface area contributed by atoms with Crippen molar-refractivity contribution in [3.05, 3.63) is 23.9 Å². The topological polar surface area (TPSA) is 34.1 Å². The van der Waals surface area contributed by atoms with E-state index >= 15 is 0 Å². The van der Waals surface area contributed by atoms with Gasteiger partial charge in [-0.1, -0.05) is 0 Å². The standard InChI is InChI=1S/C14H20N2O/c1-2-4-13(3-1)17-14-9-11(7-8-15-14)10-16-12-5-6-12/h7-9,12-13,16H,1-6,10H2. The van der Waals surface area contributed by atoms with Crippen LogP contribution in [0.1, 0.15) is 44.1 Å². The van der Waals surface area contributed by atoms with E-state index in [-0.39, 0.29) is 0 Å².